The number of amides is 1. The maximum absolute atomic E-state index is 12.7. The summed E-state index contributed by atoms with van der Waals surface area (Å²) in [5, 5.41) is 4.05. The van der Waals surface area contributed by atoms with E-state index < -0.39 is 5.92 Å². The van der Waals surface area contributed by atoms with Crippen LogP contribution in [-0.2, 0) is 4.79 Å². The largest absolute Gasteiger partial charge is 0.272 e. The standard InChI is InChI=1S/C20H17N3O/c24-20(23-22-15-16-8-7-13-21-14-16)19(17-9-3-1-4-10-17)18-11-5-2-6-12-18/h1-15,19H,(H,23,24)/b22-15-. The number of nitrogens with zero attached hydrogens (tertiary/aromatic N) is 2. The third kappa shape index (κ3) is 3.93. The van der Waals surface area contributed by atoms with E-state index in [1.165, 1.54) is 0 Å². The highest BCUT2D eigenvalue weighted by molar-refractivity contribution is 5.88. The molecule has 3 aromatic rings. The smallest absolute Gasteiger partial charge is 0.252 e. The molecule has 118 valence electrons. The zero-order valence-electron chi connectivity index (χ0n) is 13.0. The molecule has 3 rings (SSSR count). The first-order chi connectivity index (χ1) is 11.8. The van der Waals surface area contributed by atoms with Crippen LogP contribution in [0.25, 0.3) is 0 Å². The molecule has 0 saturated carbocycles. The molecule has 1 heterocycles. The Morgan fingerprint density at radius 3 is 2.08 bits per heavy atom. The van der Waals surface area contributed by atoms with Crippen molar-refractivity contribution in [2.75, 3.05) is 0 Å². The summed E-state index contributed by atoms with van der Waals surface area (Å²) in [5.74, 6) is -0.578. The Morgan fingerprint density at radius 1 is 0.917 bits per heavy atom. The maximum atomic E-state index is 12.7. The number of hydrazone groups is 1. The fourth-order valence-corrected chi connectivity index (χ4v) is 2.47. The number of pyridine rings is 1. The van der Waals surface area contributed by atoms with Gasteiger partial charge in [-0.2, -0.15) is 5.10 Å². The number of hydrogen-bond acceptors (Lipinski definition) is 3. The van der Waals surface area contributed by atoms with Crippen LogP contribution in [0, 0.1) is 0 Å². The van der Waals surface area contributed by atoms with Gasteiger partial charge in [0.25, 0.3) is 5.91 Å². The Labute approximate surface area is 140 Å². The topological polar surface area (TPSA) is 54.4 Å². The van der Waals surface area contributed by atoms with E-state index in [1.54, 1.807) is 18.6 Å². The molecule has 0 aliphatic rings. The van der Waals surface area contributed by atoms with Crippen molar-refractivity contribution >= 4 is 12.1 Å². The summed E-state index contributed by atoms with van der Waals surface area (Å²) in [6.45, 7) is 0. The van der Waals surface area contributed by atoms with Crippen LogP contribution in [0.4, 0.5) is 0 Å². The number of carbonyl (C=O) groups is 1. The van der Waals surface area contributed by atoms with Crippen LogP contribution in [0.3, 0.4) is 0 Å². The second-order valence-corrected chi connectivity index (χ2v) is 5.27. The van der Waals surface area contributed by atoms with Crippen molar-refractivity contribution in [1.82, 2.24) is 10.4 Å². The number of aromatic nitrogens is 1. The van der Waals surface area contributed by atoms with Crippen LogP contribution in [0.15, 0.2) is 90.3 Å². The van der Waals surface area contributed by atoms with Gasteiger partial charge >= 0.3 is 0 Å². The molecule has 0 unspecified atom stereocenters. The number of hydrogen-bond donors (Lipinski definition) is 1. The molecule has 0 aliphatic carbocycles. The lowest BCUT2D eigenvalue weighted by Gasteiger charge is -2.16. The normalized spacial score (nSPS) is 10.9. The molecule has 4 nitrogen and oxygen atoms in total. The van der Waals surface area contributed by atoms with Gasteiger partial charge in [-0.15, -0.1) is 0 Å². The number of benzene rings is 2. The third-order valence-corrected chi connectivity index (χ3v) is 3.60. The highest BCUT2D eigenvalue weighted by Gasteiger charge is 2.21. The van der Waals surface area contributed by atoms with Crippen LogP contribution in [-0.4, -0.2) is 17.1 Å². The Balaban J connectivity index is 1.81. The third-order valence-electron chi connectivity index (χ3n) is 3.60. The zero-order valence-corrected chi connectivity index (χ0v) is 13.0. The lowest BCUT2D eigenvalue weighted by Crippen LogP contribution is -2.26. The van der Waals surface area contributed by atoms with Crippen LogP contribution >= 0.6 is 0 Å². The minimum Gasteiger partial charge on any atom is -0.272 e. The van der Waals surface area contributed by atoms with Gasteiger partial charge in [0.2, 0.25) is 0 Å². The number of rotatable bonds is 5. The van der Waals surface area contributed by atoms with E-state index in [4.69, 9.17) is 0 Å². The van der Waals surface area contributed by atoms with Gasteiger partial charge in [-0.1, -0.05) is 66.7 Å². The Morgan fingerprint density at radius 2 is 1.54 bits per heavy atom. The summed E-state index contributed by atoms with van der Waals surface area (Å²) >= 11 is 0. The van der Waals surface area contributed by atoms with Gasteiger partial charge in [-0.25, -0.2) is 5.43 Å². The molecular formula is C20H17N3O. The van der Waals surface area contributed by atoms with Crippen molar-refractivity contribution in [3.8, 4) is 0 Å². The fraction of sp³-hybridized carbons (Fsp3) is 0.0500. The lowest BCUT2D eigenvalue weighted by atomic mass is 9.91. The molecular weight excluding hydrogens is 298 g/mol. The van der Waals surface area contributed by atoms with Gasteiger partial charge in [0.1, 0.15) is 0 Å². The minimum atomic E-state index is -0.404. The van der Waals surface area contributed by atoms with E-state index in [2.05, 4.69) is 15.5 Å². The van der Waals surface area contributed by atoms with Crippen molar-refractivity contribution in [2.24, 2.45) is 5.10 Å². The average molecular weight is 315 g/mol. The van der Waals surface area contributed by atoms with Gasteiger partial charge in [0.05, 0.1) is 12.1 Å². The van der Waals surface area contributed by atoms with E-state index in [1.807, 2.05) is 72.8 Å². The predicted octanol–water partition coefficient (Wildman–Crippen LogP) is 3.36. The average Bonchev–Trinajstić information content (AvgIpc) is 2.65. The molecule has 0 saturated heterocycles. The summed E-state index contributed by atoms with van der Waals surface area (Å²) < 4.78 is 0. The van der Waals surface area contributed by atoms with Crippen LogP contribution < -0.4 is 5.43 Å². The molecule has 1 aromatic heterocycles. The molecule has 0 aliphatic heterocycles. The number of carbonyl (C=O) groups excluding carboxylic acids is 1. The van der Waals surface area contributed by atoms with E-state index in [9.17, 15) is 4.79 Å². The molecule has 0 radical (unpaired) electrons. The number of nitrogens with one attached hydrogen (secondary N) is 1. The van der Waals surface area contributed by atoms with Gasteiger partial charge < -0.3 is 0 Å². The van der Waals surface area contributed by atoms with Gasteiger partial charge in [0, 0.05) is 18.0 Å². The minimum absolute atomic E-state index is 0.174. The summed E-state index contributed by atoms with van der Waals surface area (Å²) in [4.78, 5) is 16.7. The van der Waals surface area contributed by atoms with E-state index in [-0.39, 0.29) is 5.91 Å². The molecule has 0 fully saturated rings. The fourth-order valence-electron chi connectivity index (χ4n) is 2.47. The van der Waals surface area contributed by atoms with E-state index in [0.717, 1.165) is 16.7 Å². The van der Waals surface area contributed by atoms with Gasteiger partial charge in [-0.3, -0.25) is 9.78 Å². The predicted molar refractivity (Wildman–Crippen MR) is 94.7 cm³/mol. The highest BCUT2D eigenvalue weighted by Crippen LogP contribution is 2.24. The summed E-state index contributed by atoms with van der Waals surface area (Å²) in [6.07, 6.45) is 4.95. The first-order valence-corrected chi connectivity index (χ1v) is 7.67. The second kappa shape index (κ2) is 7.83. The summed E-state index contributed by atoms with van der Waals surface area (Å²) in [6, 6.07) is 23.1. The van der Waals surface area contributed by atoms with Crippen LogP contribution in [0.1, 0.15) is 22.6 Å². The van der Waals surface area contributed by atoms with E-state index in [0.29, 0.717) is 0 Å². The summed E-state index contributed by atoms with van der Waals surface area (Å²) in [5.41, 5.74) is 5.32. The Bertz CT molecular complexity index is 763. The Kier molecular flexibility index (Phi) is 5.10. The molecule has 0 bridgehead atoms. The zero-order chi connectivity index (χ0) is 16.6. The first kappa shape index (κ1) is 15.6. The SMILES string of the molecule is O=C(N/N=C\c1cccnc1)C(c1ccccc1)c1ccccc1. The van der Waals surface area contributed by atoms with Crippen molar-refractivity contribution in [3.63, 3.8) is 0 Å². The molecule has 24 heavy (non-hydrogen) atoms. The molecule has 2 aromatic carbocycles. The molecule has 0 atom stereocenters. The molecule has 0 spiro atoms. The maximum Gasteiger partial charge on any atom is 0.252 e. The Hall–Kier alpha value is -3.27. The molecule has 1 amide bonds. The van der Waals surface area contributed by atoms with Crippen molar-refractivity contribution < 1.29 is 4.79 Å². The van der Waals surface area contributed by atoms with E-state index >= 15 is 0 Å². The van der Waals surface area contributed by atoms with Gasteiger partial charge in [-0.05, 0) is 17.2 Å². The van der Waals surface area contributed by atoms with Crippen LogP contribution in [0.2, 0.25) is 0 Å². The molecule has 1 N–H and O–H groups in total. The van der Waals surface area contributed by atoms with Crippen molar-refractivity contribution in [3.05, 3.63) is 102 Å². The lowest BCUT2D eigenvalue weighted by molar-refractivity contribution is -0.121. The quantitative estimate of drug-likeness (QED) is 0.580. The first-order valence-electron chi connectivity index (χ1n) is 7.67. The van der Waals surface area contributed by atoms with Crippen LogP contribution in [0.5, 0.6) is 0 Å². The van der Waals surface area contributed by atoms with Crippen molar-refractivity contribution in [2.45, 2.75) is 5.92 Å². The monoisotopic (exact) mass is 315 g/mol. The van der Waals surface area contributed by atoms with Crippen molar-refractivity contribution in [1.29, 1.82) is 0 Å². The highest BCUT2D eigenvalue weighted by atomic mass is 16.2. The molecule has 4 heteroatoms. The second-order valence-electron chi connectivity index (χ2n) is 5.27. The summed E-state index contributed by atoms with van der Waals surface area (Å²) in [7, 11) is 0. The van der Waals surface area contributed by atoms with Gasteiger partial charge in [0.15, 0.2) is 0 Å².